The number of amides is 1. The van der Waals surface area contributed by atoms with E-state index in [1.807, 2.05) is 6.92 Å². The van der Waals surface area contributed by atoms with Crippen LogP contribution in [0.2, 0.25) is 0 Å². The molecule has 0 aromatic carbocycles. The molecule has 1 amide bonds. The first-order valence-corrected chi connectivity index (χ1v) is 9.06. The van der Waals surface area contributed by atoms with Crippen LogP contribution in [0.25, 0.3) is 0 Å². The van der Waals surface area contributed by atoms with Crippen LogP contribution in [0.1, 0.15) is 35.4 Å². The molecule has 8 nitrogen and oxygen atoms in total. The Morgan fingerprint density at radius 2 is 2.15 bits per heavy atom. The predicted molar refractivity (Wildman–Crippen MR) is 99.3 cm³/mol. The highest BCUT2D eigenvalue weighted by molar-refractivity contribution is 5.92. The number of hydrogen-bond acceptors (Lipinski definition) is 5. The summed E-state index contributed by atoms with van der Waals surface area (Å²) in [6.45, 7) is 5.34. The second-order valence-electron chi connectivity index (χ2n) is 6.67. The first kappa shape index (κ1) is 20.3. The maximum absolute atomic E-state index is 11.9. The van der Waals surface area contributed by atoms with Crippen molar-refractivity contribution in [3.8, 4) is 0 Å². The van der Waals surface area contributed by atoms with Crippen LogP contribution in [0.15, 0.2) is 21.7 Å². The molecule has 0 radical (unpaired) electrons. The molecule has 2 rings (SSSR count). The van der Waals surface area contributed by atoms with E-state index in [2.05, 4.69) is 20.9 Å². The van der Waals surface area contributed by atoms with Crippen molar-refractivity contribution in [2.24, 2.45) is 10.4 Å². The number of hydrogen-bond donors (Lipinski definition) is 4. The molecular formula is C18H30N4O4. The van der Waals surface area contributed by atoms with Crippen molar-refractivity contribution in [2.75, 3.05) is 46.5 Å². The summed E-state index contributed by atoms with van der Waals surface area (Å²) >= 11 is 0. The molecule has 0 spiro atoms. The fourth-order valence-corrected chi connectivity index (χ4v) is 2.99. The van der Waals surface area contributed by atoms with Gasteiger partial charge in [-0.2, -0.15) is 0 Å². The van der Waals surface area contributed by atoms with Gasteiger partial charge in [-0.15, -0.1) is 0 Å². The summed E-state index contributed by atoms with van der Waals surface area (Å²) in [4.78, 5) is 16.1. The van der Waals surface area contributed by atoms with E-state index in [9.17, 15) is 9.90 Å². The molecule has 1 atom stereocenters. The first-order valence-electron chi connectivity index (χ1n) is 9.06. The molecule has 0 saturated carbocycles. The predicted octanol–water partition coefficient (Wildman–Crippen LogP) is 0.662. The molecule has 146 valence electrons. The third-order valence-electron chi connectivity index (χ3n) is 4.68. The van der Waals surface area contributed by atoms with E-state index in [0.717, 1.165) is 31.4 Å². The molecule has 2 heterocycles. The van der Waals surface area contributed by atoms with Gasteiger partial charge in [-0.05, 0) is 32.3 Å². The second-order valence-corrected chi connectivity index (χ2v) is 6.67. The van der Waals surface area contributed by atoms with Crippen LogP contribution in [0, 0.1) is 12.3 Å². The number of nitrogens with zero attached hydrogens (tertiary/aromatic N) is 1. The Morgan fingerprint density at radius 1 is 1.35 bits per heavy atom. The summed E-state index contributed by atoms with van der Waals surface area (Å²) in [7, 11) is 1.72. The van der Waals surface area contributed by atoms with Gasteiger partial charge in [0.1, 0.15) is 0 Å². The number of furan rings is 1. The lowest BCUT2D eigenvalue weighted by Crippen LogP contribution is -2.45. The molecule has 1 aromatic heterocycles. The number of nitrogens with one attached hydrogen (secondary N) is 3. The van der Waals surface area contributed by atoms with Gasteiger partial charge in [0, 0.05) is 50.9 Å². The van der Waals surface area contributed by atoms with Crippen molar-refractivity contribution < 1.29 is 19.1 Å². The summed E-state index contributed by atoms with van der Waals surface area (Å²) in [6.07, 6.45) is 3.93. The van der Waals surface area contributed by atoms with Crippen LogP contribution in [0.4, 0.5) is 0 Å². The molecule has 1 aliphatic heterocycles. The van der Waals surface area contributed by atoms with Gasteiger partial charge in [-0.25, -0.2) is 0 Å². The highest BCUT2D eigenvalue weighted by Gasteiger charge is 2.34. The van der Waals surface area contributed by atoms with Gasteiger partial charge >= 0.3 is 0 Å². The van der Waals surface area contributed by atoms with Crippen molar-refractivity contribution in [1.29, 1.82) is 0 Å². The third kappa shape index (κ3) is 5.74. The fraction of sp³-hybridized carbons (Fsp3) is 0.667. The van der Waals surface area contributed by atoms with E-state index >= 15 is 0 Å². The molecule has 1 saturated heterocycles. The van der Waals surface area contributed by atoms with Gasteiger partial charge in [0.2, 0.25) is 0 Å². The molecule has 1 fully saturated rings. The van der Waals surface area contributed by atoms with Crippen molar-refractivity contribution in [1.82, 2.24) is 16.0 Å². The van der Waals surface area contributed by atoms with Crippen molar-refractivity contribution >= 4 is 11.9 Å². The minimum atomic E-state index is -0.192. The number of carbonyl (C=O) groups is 1. The molecule has 0 bridgehead atoms. The Bertz CT molecular complexity index is 594. The van der Waals surface area contributed by atoms with E-state index in [4.69, 9.17) is 9.15 Å². The topological polar surface area (TPSA) is 108 Å². The molecule has 0 aliphatic carbocycles. The fourth-order valence-electron chi connectivity index (χ4n) is 2.99. The lowest BCUT2D eigenvalue weighted by atomic mass is 9.84. The Labute approximate surface area is 154 Å². The number of aliphatic imine (C=N–C) groups is 1. The number of aliphatic hydroxyl groups excluding tert-OH is 1. The van der Waals surface area contributed by atoms with E-state index in [1.165, 1.54) is 6.26 Å². The summed E-state index contributed by atoms with van der Waals surface area (Å²) in [5.74, 6) is 0.882. The average molecular weight is 366 g/mol. The highest BCUT2D eigenvalue weighted by atomic mass is 16.5. The molecule has 1 aromatic rings. The zero-order chi connectivity index (χ0) is 18.8. The molecule has 8 heteroatoms. The molecule has 1 unspecified atom stereocenters. The van der Waals surface area contributed by atoms with E-state index in [1.54, 1.807) is 13.1 Å². The number of rotatable bonds is 9. The summed E-state index contributed by atoms with van der Waals surface area (Å²) in [5.41, 5.74) is 0.805. The second kappa shape index (κ2) is 10.2. The number of guanidine groups is 1. The van der Waals surface area contributed by atoms with Crippen LogP contribution in [-0.2, 0) is 4.74 Å². The zero-order valence-electron chi connectivity index (χ0n) is 15.6. The lowest BCUT2D eigenvalue weighted by Gasteiger charge is -2.27. The maximum atomic E-state index is 11.9. The average Bonchev–Trinajstić information content (AvgIpc) is 3.27. The Kier molecular flexibility index (Phi) is 7.93. The van der Waals surface area contributed by atoms with E-state index < -0.39 is 0 Å². The molecular weight excluding hydrogens is 336 g/mol. The van der Waals surface area contributed by atoms with Gasteiger partial charge in [-0.1, -0.05) is 0 Å². The summed E-state index contributed by atoms with van der Waals surface area (Å²) in [6, 6.07) is 1.77. The van der Waals surface area contributed by atoms with Crippen LogP contribution < -0.4 is 16.0 Å². The lowest BCUT2D eigenvalue weighted by molar-refractivity contribution is 0.0925. The number of aliphatic hydroxyl groups is 1. The van der Waals surface area contributed by atoms with Crippen molar-refractivity contribution in [3.63, 3.8) is 0 Å². The van der Waals surface area contributed by atoms with Crippen LogP contribution in [-0.4, -0.2) is 63.5 Å². The van der Waals surface area contributed by atoms with E-state index in [0.29, 0.717) is 38.0 Å². The molecule has 4 N–H and O–H groups in total. The van der Waals surface area contributed by atoms with Gasteiger partial charge < -0.3 is 30.2 Å². The van der Waals surface area contributed by atoms with E-state index in [-0.39, 0.29) is 17.9 Å². The maximum Gasteiger partial charge on any atom is 0.287 e. The SMILES string of the molecule is CN=C(NCCCNC(=O)c1occc1C)NCC1(CCO)CCOC1. The van der Waals surface area contributed by atoms with Gasteiger partial charge in [-0.3, -0.25) is 9.79 Å². The Hall–Kier alpha value is -2.06. The minimum Gasteiger partial charge on any atom is -0.459 e. The van der Waals surface area contributed by atoms with Gasteiger partial charge in [0.05, 0.1) is 12.9 Å². The van der Waals surface area contributed by atoms with Crippen molar-refractivity contribution in [3.05, 3.63) is 23.7 Å². The summed E-state index contributed by atoms with van der Waals surface area (Å²) in [5, 5.41) is 18.7. The normalized spacial score (nSPS) is 20.2. The van der Waals surface area contributed by atoms with Crippen LogP contribution >= 0.6 is 0 Å². The quantitative estimate of drug-likeness (QED) is 0.291. The Morgan fingerprint density at radius 3 is 2.77 bits per heavy atom. The number of aryl methyl sites for hydroxylation is 1. The highest BCUT2D eigenvalue weighted by Crippen LogP contribution is 2.31. The van der Waals surface area contributed by atoms with Gasteiger partial charge in [0.15, 0.2) is 11.7 Å². The van der Waals surface area contributed by atoms with Crippen LogP contribution in [0.5, 0.6) is 0 Å². The van der Waals surface area contributed by atoms with Gasteiger partial charge in [0.25, 0.3) is 5.91 Å². The largest absolute Gasteiger partial charge is 0.459 e. The minimum absolute atomic E-state index is 0.0265. The molecule has 26 heavy (non-hydrogen) atoms. The zero-order valence-corrected chi connectivity index (χ0v) is 15.6. The Balaban J connectivity index is 1.64. The monoisotopic (exact) mass is 366 g/mol. The smallest absolute Gasteiger partial charge is 0.287 e. The number of ether oxygens (including phenoxy) is 1. The third-order valence-corrected chi connectivity index (χ3v) is 4.68. The summed E-state index contributed by atoms with van der Waals surface area (Å²) < 4.78 is 10.7. The first-order chi connectivity index (χ1) is 12.6. The number of carbonyl (C=O) groups excluding carboxylic acids is 1. The van der Waals surface area contributed by atoms with Crippen molar-refractivity contribution in [2.45, 2.75) is 26.2 Å². The van der Waals surface area contributed by atoms with Crippen LogP contribution in [0.3, 0.4) is 0 Å². The molecule has 1 aliphatic rings. The standard InChI is InChI=1S/C18H30N4O4/c1-14-4-10-26-15(14)16(24)20-7-3-8-21-17(19-2)22-12-18(5-9-23)6-11-25-13-18/h4,10,23H,3,5-9,11-13H2,1-2H3,(H,20,24)(H2,19,21,22).